The molecule has 1 heterocycles. The molecule has 0 aromatic carbocycles. The number of rotatable bonds is 5. The zero-order chi connectivity index (χ0) is 12.7. The molecule has 1 fully saturated rings. The van der Waals surface area contributed by atoms with Crippen LogP contribution in [0, 0.1) is 0 Å². The third-order valence-electron chi connectivity index (χ3n) is 2.94. The molecule has 0 saturated carbocycles. The summed E-state index contributed by atoms with van der Waals surface area (Å²) in [4.78, 5) is 25.3. The van der Waals surface area contributed by atoms with E-state index in [1.54, 1.807) is 18.0 Å². The van der Waals surface area contributed by atoms with Crippen molar-refractivity contribution in [1.29, 1.82) is 0 Å². The van der Waals surface area contributed by atoms with Crippen LogP contribution in [0.1, 0.15) is 19.3 Å². The standard InChI is InChI=1S/C12H21N3O2/c1-3-7-14-9-11(16)15-8-5-4-6-10(15)12(17)13-2/h3,10,14H,1,4-9H2,2H3,(H,13,17). The molecule has 2 N–H and O–H groups in total. The van der Waals surface area contributed by atoms with Crippen molar-refractivity contribution in [1.82, 2.24) is 15.5 Å². The van der Waals surface area contributed by atoms with Gasteiger partial charge in [-0.2, -0.15) is 0 Å². The molecule has 0 aliphatic carbocycles. The summed E-state index contributed by atoms with van der Waals surface area (Å²) in [6.45, 7) is 5.11. The normalized spacial score (nSPS) is 19.8. The van der Waals surface area contributed by atoms with Crippen LogP contribution in [-0.2, 0) is 9.59 Å². The lowest BCUT2D eigenvalue weighted by Crippen LogP contribution is -2.53. The van der Waals surface area contributed by atoms with Crippen LogP contribution in [0.2, 0.25) is 0 Å². The molecule has 5 heteroatoms. The smallest absolute Gasteiger partial charge is 0.242 e. The van der Waals surface area contributed by atoms with Gasteiger partial charge in [-0.05, 0) is 19.3 Å². The highest BCUT2D eigenvalue weighted by atomic mass is 16.2. The lowest BCUT2D eigenvalue weighted by molar-refractivity contribution is -0.141. The Morgan fingerprint density at radius 1 is 1.47 bits per heavy atom. The second-order valence-corrected chi connectivity index (χ2v) is 4.13. The largest absolute Gasteiger partial charge is 0.357 e. The van der Waals surface area contributed by atoms with Crippen molar-refractivity contribution in [3.63, 3.8) is 0 Å². The van der Waals surface area contributed by atoms with Gasteiger partial charge in [0.1, 0.15) is 6.04 Å². The summed E-state index contributed by atoms with van der Waals surface area (Å²) in [5, 5.41) is 5.59. The van der Waals surface area contributed by atoms with Crippen LogP contribution in [0.25, 0.3) is 0 Å². The van der Waals surface area contributed by atoms with E-state index in [2.05, 4.69) is 17.2 Å². The van der Waals surface area contributed by atoms with Crippen LogP contribution < -0.4 is 10.6 Å². The molecule has 1 unspecified atom stereocenters. The Balaban J connectivity index is 2.54. The molecule has 96 valence electrons. The summed E-state index contributed by atoms with van der Waals surface area (Å²) in [6.07, 6.45) is 4.44. The van der Waals surface area contributed by atoms with E-state index >= 15 is 0 Å². The maximum absolute atomic E-state index is 12.0. The van der Waals surface area contributed by atoms with E-state index in [4.69, 9.17) is 0 Å². The summed E-state index contributed by atoms with van der Waals surface area (Å²) in [5.74, 6) is -0.0816. The highest BCUT2D eigenvalue weighted by molar-refractivity contribution is 5.88. The number of piperidine rings is 1. The number of hydrogen-bond acceptors (Lipinski definition) is 3. The topological polar surface area (TPSA) is 61.4 Å². The van der Waals surface area contributed by atoms with Gasteiger partial charge in [0.2, 0.25) is 11.8 Å². The molecule has 5 nitrogen and oxygen atoms in total. The van der Waals surface area contributed by atoms with E-state index in [1.807, 2.05) is 0 Å². The molecule has 1 rings (SSSR count). The molecule has 0 bridgehead atoms. The van der Waals surface area contributed by atoms with Gasteiger partial charge in [0, 0.05) is 20.1 Å². The van der Waals surface area contributed by atoms with Gasteiger partial charge < -0.3 is 15.5 Å². The molecule has 0 aromatic heterocycles. The number of nitrogens with one attached hydrogen (secondary N) is 2. The molecule has 0 aromatic rings. The Hall–Kier alpha value is -1.36. The molecule has 1 aliphatic rings. The summed E-state index contributed by atoms with van der Waals surface area (Å²) >= 11 is 0. The molecular formula is C12H21N3O2. The zero-order valence-corrected chi connectivity index (χ0v) is 10.4. The number of likely N-dealkylation sites (tertiary alicyclic amines) is 1. The van der Waals surface area contributed by atoms with Gasteiger partial charge in [0.05, 0.1) is 6.54 Å². The van der Waals surface area contributed by atoms with E-state index in [-0.39, 0.29) is 24.4 Å². The van der Waals surface area contributed by atoms with Crippen molar-refractivity contribution in [2.24, 2.45) is 0 Å². The monoisotopic (exact) mass is 239 g/mol. The average Bonchev–Trinajstić information content (AvgIpc) is 2.38. The molecule has 0 spiro atoms. The van der Waals surface area contributed by atoms with E-state index in [9.17, 15) is 9.59 Å². The van der Waals surface area contributed by atoms with Gasteiger partial charge in [0.15, 0.2) is 0 Å². The predicted molar refractivity (Wildman–Crippen MR) is 66.5 cm³/mol. The molecule has 17 heavy (non-hydrogen) atoms. The third-order valence-corrected chi connectivity index (χ3v) is 2.94. The van der Waals surface area contributed by atoms with Crippen molar-refractivity contribution in [3.8, 4) is 0 Å². The maximum atomic E-state index is 12.0. The Kier molecular flexibility index (Phi) is 5.69. The minimum absolute atomic E-state index is 0.0137. The van der Waals surface area contributed by atoms with Crippen LogP contribution in [0.3, 0.4) is 0 Å². The first-order chi connectivity index (χ1) is 8.20. The number of carbonyl (C=O) groups excluding carboxylic acids is 2. The van der Waals surface area contributed by atoms with E-state index in [0.717, 1.165) is 19.3 Å². The quantitative estimate of drug-likeness (QED) is 0.520. The van der Waals surface area contributed by atoms with Gasteiger partial charge >= 0.3 is 0 Å². The number of carbonyl (C=O) groups is 2. The molecule has 0 radical (unpaired) electrons. The number of nitrogens with zero attached hydrogens (tertiary/aromatic N) is 1. The highest BCUT2D eigenvalue weighted by Gasteiger charge is 2.30. The highest BCUT2D eigenvalue weighted by Crippen LogP contribution is 2.17. The average molecular weight is 239 g/mol. The lowest BCUT2D eigenvalue weighted by Gasteiger charge is -2.34. The van der Waals surface area contributed by atoms with Crippen LogP contribution >= 0.6 is 0 Å². The molecule has 1 atom stereocenters. The summed E-state index contributed by atoms with van der Waals surface area (Å²) in [7, 11) is 1.61. The van der Waals surface area contributed by atoms with Gasteiger partial charge in [-0.25, -0.2) is 0 Å². The first-order valence-corrected chi connectivity index (χ1v) is 6.03. The van der Waals surface area contributed by atoms with Gasteiger partial charge in [-0.1, -0.05) is 6.08 Å². The number of amides is 2. The molecule has 1 saturated heterocycles. The Labute approximate surface area is 102 Å². The fourth-order valence-corrected chi connectivity index (χ4v) is 2.05. The summed E-state index contributed by atoms with van der Waals surface area (Å²) in [5.41, 5.74) is 0. The fraction of sp³-hybridized carbons (Fsp3) is 0.667. The Bertz CT molecular complexity index is 291. The predicted octanol–water partition coefficient (Wildman–Crippen LogP) is -0.111. The maximum Gasteiger partial charge on any atom is 0.242 e. The van der Waals surface area contributed by atoms with E-state index < -0.39 is 0 Å². The van der Waals surface area contributed by atoms with Crippen LogP contribution in [-0.4, -0.2) is 49.4 Å². The second-order valence-electron chi connectivity index (χ2n) is 4.13. The van der Waals surface area contributed by atoms with Crippen molar-refractivity contribution in [2.45, 2.75) is 25.3 Å². The molecular weight excluding hydrogens is 218 g/mol. The first-order valence-electron chi connectivity index (χ1n) is 6.03. The summed E-state index contributed by atoms with van der Waals surface area (Å²) < 4.78 is 0. The van der Waals surface area contributed by atoms with Crippen molar-refractivity contribution >= 4 is 11.8 Å². The van der Waals surface area contributed by atoms with Crippen molar-refractivity contribution < 1.29 is 9.59 Å². The van der Waals surface area contributed by atoms with Crippen molar-refractivity contribution in [3.05, 3.63) is 12.7 Å². The van der Waals surface area contributed by atoms with E-state index in [1.165, 1.54) is 0 Å². The third kappa shape index (κ3) is 3.85. The molecule has 2 amide bonds. The zero-order valence-electron chi connectivity index (χ0n) is 10.4. The second kappa shape index (κ2) is 7.06. The number of hydrogen-bond donors (Lipinski definition) is 2. The van der Waals surface area contributed by atoms with Crippen molar-refractivity contribution in [2.75, 3.05) is 26.7 Å². The van der Waals surface area contributed by atoms with Gasteiger partial charge in [-0.15, -0.1) is 6.58 Å². The van der Waals surface area contributed by atoms with Gasteiger partial charge in [0.25, 0.3) is 0 Å². The Morgan fingerprint density at radius 3 is 2.88 bits per heavy atom. The minimum Gasteiger partial charge on any atom is -0.357 e. The van der Waals surface area contributed by atoms with Crippen LogP contribution in [0.5, 0.6) is 0 Å². The first kappa shape index (κ1) is 13.7. The van der Waals surface area contributed by atoms with Crippen LogP contribution in [0.4, 0.5) is 0 Å². The lowest BCUT2D eigenvalue weighted by atomic mass is 10.0. The summed E-state index contributed by atoms with van der Waals surface area (Å²) in [6, 6.07) is -0.299. The van der Waals surface area contributed by atoms with Gasteiger partial charge in [-0.3, -0.25) is 9.59 Å². The molecule has 1 aliphatic heterocycles. The Morgan fingerprint density at radius 2 is 2.24 bits per heavy atom. The van der Waals surface area contributed by atoms with Crippen LogP contribution in [0.15, 0.2) is 12.7 Å². The SMILES string of the molecule is C=CCNCC(=O)N1CCCCC1C(=O)NC. The number of likely N-dealkylation sites (N-methyl/N-ethyl adjacent to an activating group) is 1. The fourth-order valence-electron chi connectivity index (χ4n) is 2.05. The van der Waals surface area contributed by atoms with E-state index in [0.29, 0.717) is 13.1 Å². The minimum atomic E-state index is -0.299.